The standard InChI is InChI=1S/C58H105NO5/c1-4-7-10-13-16-19-22-25-28-30-32-35-38-41-44-47-50-56(61)55(53-60)59-57(62)52-54(49-46-43-40-37-34-31-29-26-23-20-17-14-11-8-5-2)64-58(63)51-48-45-42-39-36-33-27-24-21-18-15-12-9-6-3/h17,20,26,29,33-34,36-37,43,46,54-56,60-61H,4-16,18-19,21-25,27-28,30-32,35,38-42,44-45,47-53H2,1-3H3,(H,59,62)/b20-17-,29-26-,36-33-,37-34-,46-43-. The minimum absolute atomic E-state index is 0.00440. The van der Waals surface area contributed by atoms with Gasteiger partial charge >= 0.3 is 5.97 Å². The van der Waals surface area contributed by atoms with Crippen LogP contribution in [-0.4, -0.2) is 46.9 Å². The minimum Gasteiger partial charge on any atom is -0.461 e. The van der Waals surface area contributed by atoms with Crippen LogP contribution in [0.15, 0.2) is 60.8 Å². The van der Waals surface area contributed by atoms with E-state index >= 15 is 0 Å². The van der Waals surface area contributed by atoms with Crippen LogP contribution in [0.5, 0.6) is 0 Å². The van der Waals surface area contributed by atoms with Gasteiger partial charge in [0.15, 0.2) is 0 Å². The molecule has 0 aromatic rings. The molecule has 0 rings (SSSR count). The number of ether oxygens (including phenoxy) is 1. The normalized spacial score (nSPS) is 13.6. The smallest absolute Gasteiger partial charge is 0.306 e. The van der Waals surface area contributed by atoms with Crippen LogP contribution in [0.25, 0.3) is 0 Å². The summed E-state index contributed by atoms with van der Waals surface area (Å²) in [7, 11) is 0. The van der Waals surface area contributed by atoms with E-state index in [2.05, 4.69) is 80.8 Å². The van der Waals surface area contributed by atoms with Crippen LogP contribution in [0.4, 0.5) is 0 Å². The van der Waals surface area contributed by atoms with Gasteiger partial charge < -0.3 is 20.3 Å². The van der Waals surface area contributed by atoms with Crippen molar-refractivity contribution >= 4 is 11.9 Å². The van der Waals surface area contributed by atoms with Crippen molar-refractivity contribution in [3.8, 4) is 0 Å². The number of amides is 1. The predicted octanol–water partition coefficient (Wildman–Crippen LogP) is 16.8. The third-order valence-electron chi connectivity index (χ3n) is 12.3. The molecular formula is C58H105NO5. The molecule has 0 aromatic carbocycles. The molecule has 0 bridgehead atoms. The Kier molecular flexibility index (Phi) is 49.6. The lowest BCUT2D eigenvalue weighted by Crippen LogP contribution is -2.46. The topological polar surface area (TPSA) is 95.9 Å². The van der Waals surface area contributed by atoms with Crippen molar-refractivity contribution in [3.05, 3.63) is 60.8 Å². The molecule has 0 aromatic heterocycles. The first-order valence-corrected chi connectivity index (χ1v) is 27.5. The molecule has 0 aliphatic heterocycles. The van der Waals surface area contributed by atoms with Gasteiger partial charge in [-0.1, -0.05) is 242 Å². The average Bonchev–Trinajstić information content (AvgIpc) is 3.29. The summed E-state index contributed by atoms with van der Waals surface area (Å²) < 4.78 is 5.87. The van der Waals surface area contributed by atoms with Crippen molar-refractivity contribution in [2.24, 2.45) is 0 Å². The van der Waals surface area contributed by atoms with Gasteiger partial charge in [0.05, 0.1) is 25.2 Å². The molecule has 0 saturated carbocycles. The van der Waals surface area contributed by atoms with Crippen molar-refractivity contribution in [2.75, 3.05) is 6.61 Å². The van der Waals surface area contributed by atoms with Gasteiger partial charge in [-0.2, -0.15) is 0 Å². The van der Waals surface area contributed by atoms with Crippen LogP contribution in [0, 0.1) is 0 Å². The van der Waals surface area contributed by atoms with E-state index in [-0.39, 0.29) is 24.9 Å². The van der Waals surface area contributed by atoms with Crippen LogP contribution in [0.1, 0.15) is 271 Å². The number of nitrogens with one attached hydrogen (secondary N) is 1. The van der Waals surface area contributed by atoms with E-state index < -0.39 is 18.2 Å². The fraction of sp³-hybridized carbons (Fsp3) is 0.793. The Labute approximate surface area is 397 Å². The summed E-state index contributed by atoms with van der Waals surface area (Å²) in [4.78, 5) is 26.1. The Morgan fingerprint density at radius 2 is 0.828 bits per heavy atom. The van der Waals surface area contributed by atoms with Crippen molar-refractivity contribution in [2.45, 2.75) is 289 Å². The molecule has 372 valence electrons. The molecule has 1 amide bonds. The quantitative estimate of drug-likeness (QED) is 0.0321. The first kappa shape index (κ1) is 61.6. The Morgan fingerprint density at radius 1 is 0.469 bits per heavy atom. The molecule has 0 heterocycles. The van der Waals surface area contributed by atoms with E-state index in [4.69, 9.17) is 4.74 Å². The van der Waals surface area contributed by atoms with E-state index in [1.165, 1.54) is 154 Å². The number of rotatable bonds is 49. The minimum atomic E-state index is -0.815. The summed E-state index contributed by atoms with van der Waals surface area (Å²) in [5, 5.41) is 23.8. The largest absolute Gasteiger partial charge is 0.461 e. The molecule has 0 saturated heterocycles. The molecule has 3 atom stereocenters. The highest BCUT2D eigenvalue weighted by molar-refractivity contribution is 5.77. The van der Waals surface area contributed by atoms with E-state index in [0.717, 1.165) is 70.6 Å². The predicted molar refractivity (Wildman–Crippen MR) is 278 cm³/mol. The third-order valence-corrected chi connectivity index (χ3v) is 12.3. The zero-order valence-electron chi connectivity index (χ0n) is 42.4. The maximum Gasteiger partial charge on any atom is 0.306 e. The number of allylic oxidation sites excluding steroid dienone is 9. The number of esters is 1. The van der Waals surface area contributed by atoms with Crippen molar-refractivity contribution in [1.29, 1.82) is 0 Å². The number of aliphatic hydroxyl groups excluding tert-OH is 2. The summed E-state index contributed by atoms with van der Waals surface area (Å²) in [5.41, 5.74) is 0. The van der Waals surface area contributed by atoms with E-state index in [1.54, 1.807) is 0 Å². The fourth-order valence-corrected chi connectivity index (χ4v) is 8.11. The summed E-state index contributed by atoms with van der Waals surface area (Å²) in [6, 6.07) is -0.735. The zero-order chi connectivity index (χ0) is 46.7. The Morgan fingerprint density at radius 3 is 1.30 bits per heavy atom. The van der Waals surface area contributed by atoms with E-state index in [0.29, 0.717) is 19.3 Å². The summed E-state index contributed by atoms with van der Waals surface area (Å²) in [6.07, 6.45) is 64.4. The number of carbonyl (C=O) groups excluding carboxylic acids is 2. The molecule has 3 N–H and O–H groups in total. The average molecular weight is 896 g/mol. The van der Waals surface area contributed by atoms with Crippen LogP contribution in [0.2, 0.25) is 0 Å². The highest BCUT2D eigenvalue weighted by Crippen LogP contribution is 2.17. The molecule has 6 heteroatoms. The highest BCUT2D eigenvalue weighted by Gasteiger charge is 2.23. The maximum absolute atomic E-state index is 13.2. The fourth-order valence-electron chi connectivity index (χ4n) is 8.11. The Balaban J connectivity index is 4.68. The summed E-state index contributed by atoms with van der Waals surface area (Å²) in [6.45, 7) is 6.44. The molecule has 0 aliphatic rings. The van der Waals surface area contributed by atoms with Gasteiger partial charge in [-0.05, 0) is 70.6 Å². The molecule has 0 fully saturated rings. The van der Waals surface area contributed by atoms with Crippen molar-refractivity contribution in [1.82, 2.24) is 5.32 Å². The third kappa shape index (κ3) is 46.1. The number of carbonyl (C=O) groups is 2. The first-order valence-electron chi connectivity index (χ1n) is 27.5. The van der Waals surface area contributed by atoms with Gasteiger partial charge in [0.25, 0.3) is 0 Å². The Bertz CT molecular complexity index is 1140. The van der Waals surface area contributed by atoms with Crippen LogP contribution in [-0.2, 0) is 14.3 Å². The second-order valence-electron chi connectivity index (χ2n) is 18.6. The second kappa shape index (κ2) is 51.5. The zero-order valence-corrected chi connectivity index (χ0v) is 42.4. The SMILES string of the molecule is CCCCC/C=C\C/C=C\C/C=C\C/C=C\CC(CC(=O)NC(CO)C(O)CCCCCCCCCCCCCCCCCC)OC(=O)CCCCC/C=C\CCCCCCCCC. The van der Waals surface area contributed by atoms with Gasteiger partial charge in [-0.15, -0.1) is 0 Å². The number of hydrogen-bond acceptors (Lipinski definition) is 5. The Hall–Kier alpha value is -2.44. The molecule has 64 heavy (non-hydrogen) atoms. The molecule has 0 radical (unpaired) electrons. The van der Waals surface area contributed by atoms with Crippen molar-refractivity contribution < 1.29 is 24.5 Å². The van der Waals surface area contributed by atoms with Crippen LogP contribution in [0.3, 0.4) is 0 Å². The van der Waals surface area contributed by atoms with Gasteiger partial charge in [-0.25, -0.2) is 0 Å². The van der Waals surface area contributed by atoms with E-state index in [1.807, 2.05) is 6.08 Å². The molecule has 0 spiro atoms. The summed E-state index contributed by atoms with van der Waals surface area (Å²) in [5.74, 6) is -0.590. The number of unbranched alkanes of at least 4 members (excludes halogenated alkanes) is 28. The maximum atomic E-state index is 13.2. The lowest BCUT2D eigenvalue weighted by atomic mass is 10.0. The molecular weight excluding hydrogens is 791 g/mol. The van der Waals surface area contributed by atoms with Gasteiger partial charge in [0, 0.05) is 12.8 Å². The van der Waals surface area contributed by atoms with Gasteiger partial charge in [0.2, 0.25) is 5.91 Å². The lowest BCUT2D eigenvalue weighted by molar-refractivity contribution is -0.150. The van der Waals surface area contributed by atoms with Gasteiger partial charge in [-0.3, -0.25) is 9.59 Å². The van der Waals surface area contributed by atoms with Crippen LogP contribution >= 0.6 is 0 Å². The highest BCUT2D eigenvalue weighted by atomic mass is 16.5. The van der Waals surface area contributed by atoms with Crippen LogP contribution < -0.4 is 5.32 Å². The van der Waals surface area contributed by atoms with Gasteiger partial charge in [0.1, 0.15) is 6.10 Å². The summed E-state index contributed by atoms with van der Waals surface area (Å²) >= 11 is 0. The number of hydrogen-bond donors (Lipinski definition) is 3. The van der Waals surface area contributed by atoms with E-state index in [9.17, 15) is 19.8 Å². The monoisotopic (exact) mass is 896 g/mol. The number of aliphatic hydroxyl groups is 2. The molecule has 0 aliphatic carbocycles. The second-order valence-corrected chi connectivity index (χ2v) is 18.6. The lowest BCUT2D eigenvalue weighted by Gasteiger charge is -2.24. The molecule has 3 unspecified atom stereocenters. The molecule has 6 nitrogen and oxygen atoms in total. The van der Waals surface area contributed by atoms with Crippen molar-refractivity contribution in [3.63, 3.8) is 0 Å². The first-order chi connectivity index (χ1) is 31.5.